The number of nitrogens with one attached hydrogen (secondary N) is 2. The highest BCUT2D eigenvalue weighted by molar-refractivity contribution is 5.59. The van der Waals surface area contributed by atoms with Crippen LogP contribution in [0.5, 0.6) is 5.75 Å². The Morgan fingerprint density at radius 2 is 2.00 bits per heavy atom. The van der Waals surface area contributed by atoms with E-state index in [4.69, 9.17) is 4.74 Å². The number of rotatable bonds is 1. The van der Waals surface area contributed by atoms with E-state index in [0.29, 0.717) is 0 Å². The van der Waals surface area contributed by atoms with E-state index in [1.165, 1.54) is 0 Å². The van der Waals surface area contributed by atoms with E-state index in [2.05, 4.69) is 10.6 Å². The highest BCUT2D eigenvalue weighted by atomic mass is 16.5. The molecule has 0 fully saturated rings. The van der Waals surface area contributed by atoms with Crippen molar-refractivity contribution >= 4 is 5.69 Å². The molecule has 1 heterocycles. The summed E-state index contributed by atoms with van der Waals surface area (Å²) in [6, 6.07) is 7.87. The van der Waals surface area contributed by atoms with Crippen molar-refractivity contribution in [2.45, 2.75) is 20.2 Å². The lowest BCUT2D eigenvalue weighted by atomic mass is 10.3. The lowest BCUT2D eigenvalue weighted by molar-refractivity contribution is 0.224. The van der Waals surface area contributed by atoms with E-state index < -0.39 is 0 Å². The predicted molar refractivity (Wildman–Crippen MR) is 54.9 cm³/mol. The highest BCUT2D eigenvalue weighted by Crippen LogP contribution is 2.29. The molecule has 1 atom stereocenters. The fourth-order valence-corrected chi connectivity index (χ4v) is 1.12. The molecule has 0 aromatic heterocycles. The minimum absolute atomic E-state index is 0.0765. The third-order valence-corrected chi connectivity index (χ3v) is 1.68. The van der Waals surface area contributed by atoms with Crippen LogP contribution in [-0.4, -0.2) is 13.4 Å². The van der Waals surface area contributed by atoms with Gasteiger partial charge in [0.25, 0.3) is 0 Å². The molecule has 1 unspecified atom stereocenters. The summed E-state index contributed by atoms with van der Waals surface area (Å²) >= 11 is 0. The molecule has 1 aromatic rings. The third-order valence-electron chi connectivity index (χ3n) is 1.68. The minimum Gasteiger partial charge on any atom is -0.455 e. The maximum Gasteiger partial charge on any atom is 0.227 e. The molecule has 0 aliphatic carbocycles. The van der Waals surface area contributed by atoms with Crippen molar-refractivity contribution in [1.82, 2.24) is 5.32 Å². The van der Waals surface area contributed by atoms with Crippen LogP contribution in [0.2, 0.25) is 0 Å². The number of fused-ring (bicyclic) bond motifs is 1. The second-order valence-electron chi connectivity index (χ2n) is 2.43. The zero-order valence-corrected chi connectivity index (χ0v) is 8.29. The standard InChI is InChI=1S/C8H10N2O.C2H6/c1-9-8-10-6-4-2-3-5-7(6)11-8;1-2/h2-5,8-10H,1H3;1-2H3. The summed E-state index contributed by atoms with van der Waals surface area (Å²) in [6.07, 6.45) is -0.0765. The fourth-order valence-electron chi connectivity index (χ4n) is 1.12. The zero-order valence-electron chi connectivity index (χ0n) is 8.29. The van der Waals surface area contributed by atoms with Crippen molar-refractivity contribution < 1.29 is 4.74 Å². The third kappa shape index (κ3) is 2.12. The van der Waals surface area contributed by atoms with Gasteiger partial charge in [-0.25, -0.2) is 0 Å². The summed E-state index contributed by atoms with van der Waals surface area (Å²) in [6.45, 7) is 4.00. The van der Waals surface area contributed by atoms with Crippen LogP contribution in [0.1, 0.15) is 13.8 Å². The van der Waals surface area contributed by atoms with E-state index >= 15 is 0 Å². The Morgan fingerprint density at radius 3 is 2.62 bits per heavy atom. The second-order valence-corrected chi connectivity index (χ2v) is 2.43. The van der Waals surface area contributed by atoms with Crippen LogP contribution in [0.15, 0.2) is 24.3 Å². The first-order valence-corrected chi connectivity index (χ1v) is 4.59. The van der Waals surface area contributed by atoms with Gasteiger partial charge in [-0.15, -0.1) is 0 Å². The second kappa shape index (κ2) is 4.72. The van der Waals surface area contributed by atoms with Crippen LogP contribution in [-0.2, 0) is 0 Å². The van der Waals surface area contributed by atoms with Crippen LogP contribution in [0, 0.1) is 0 Å². The number of para-hydroxylation sites is 2. The topological polar surface area (TPSA) is 33.3 Å². The Kier molecular flexibility index (Phi) is 3.58. The average molecular weight is 180 g/mol. The van der Waals surface area contributed by atoms with Gasteiger partial charge in [-0.05, 0) is 19.2 Å². The van der Waals surface area contributed by atoms with E-state index in [0.717, 1.165) is 11.4 Å². The van der Waals surface area contributed by atoms with Gasteiger partial charge in [-0.3, -0.25) is 5.32 Å². The lowest BCUT2D eigenvalue weighted by Crippen LogP contribution is -2.34. The Labute approximate surface area is 79.1 Å². The Hall–Kier alpha value is -1.22. The van der Waals surface area contributed by atoms with Crippen LogP contribution >= 0.6 is 0 Å². The highest BCUT2D eigenvalue weighted by Gasteiger charge is 2.18. The molecule has 0 saturated heterocycles. The van der Waals surface area contributed by atoms with E-state index in [-0.39, 0.29) is 6.35 Å². The first-order chi connectivity index (χ1) is 6.40. The summed E-state index contributed by atoms with van der Waals surface area (Å²) < 4.78 is 5.43. The first-order valence-electron chi connectivity index (χ1n) is 4.59. The number of hydrogen-bond acceptors (Lipinski definition) is 3. The molecule has 1 aliphatic heterocycles. The van der Waals surface area contributed by atoms with Crippen molar-refractivity contribution in [3.8, 4) is 5.75 Å². The predicted octanol–water partition coefficient (Wildman–Crippen LogP) is 2.02. The van der Waals surface area contributed by atoms with Crippen molar-refractivity contribution in [2.24, 2.45) is 0 Å². The number of ether oxygens (including phenoxy) is 1. The van der Waals surface area contributed by atoms with Crippen molar-refractivity contribution in [3.63, 3.8) is 0 Å². The van der Waals surface area contributed by atoms with Crippen LogP contribution in [0.4, 0.5) is 5.69 Å². The molecular formula is C10H16N2O. The lowest BCUT2D eigenvalue weighted by Gasteiger charge is -2.07. The van der Waals surface area contributed by atoms with Crippen molar-refractivity contribution in [3.05, 3.63) is 24.3 Å². The van der Waals surface area contributed by atoms with Crippen LogP contribution in [0.25, 0.3) is 0 Å². The van der Waals surface area contributed by atoms with Gasteiger partial charge >= 0.3 is 0 Å². The Balaban J connectivity index is 0.000000396. The van der Waals surface area contributed by atoms with Gasteiger partial charge in [0, 0.05) is 0 Å². The van der Waals surface area contributed by atoms with Gasteiger partial charge in [-0.2, -0.15) is 0 Å². The quantitative estimate of drug-likeness (QED) is 0.693. The molecule has 0 spiro atoms. The molecule has 0 bridgehead atoms. The molecule has 1 aromatic carbocycles. The molecule has 2 N–H and O–H groups in total. The molecular weight excluding hydrogens is 164 g/mol. The Morgan fingerprint density at radius 1 is 1.31 bits per heavy atom. The summed E-state index contributed by atoms with van der Waals surface area (Å²) in [5.74, 6) is 0.909. The van der Waals surface area contributed by atoms with Gasteiger partial charge < -0.3 is 10.1 Å². The van der Waals surface area contributed by atoms with Gasteiger partial charge in [0.1, 0.15) is 5.75 Å². The van der Waals surface area contributed by atoms with Gasteiger partial charge in [0.15, 0.2) is 0 Å². The molecule has 0 amide bonds. The maximum absolute atomic E-state index is 5.43. The molecule has 3 nitrogen and oxygen atoms in total. The molecule has 1 aliphatic rings. The minimum atomic E-state index is -0.0765. The first kappa shape index (κ1) is 9.86. The van der Waals surface area contributed by atoms with Gasteiger partial charge in [0.2, 0.25) is 6.35 Å². The zero-order chi connectivity index (χ0) is 9.68. The number of anilines is 1. The van der Waals surface area contributed by atoms with Crippen molar-refractivity contribution in [1.29, 1.82) is 0 Å². The summed E-state index contributed by atoms with van der Waals surface area (Å²) in [5.41, 5.74) is 1.05. The fraction of sp³-hybridized carbons (Fsp3) is 0.400. The summed E-state index contributed by atoms with van der Waals surface area (Å²) in [4.78, 5) is 0. The summed E-state index contributed by atoms with van der Waals surface area (Å²) in [7, 11) is 1.85. The monoisotopic (exact) mass is 180 g/mol. The molecule has 0 radical (unpaired) electrons. The normalized spacial score (nSPS) is 17.6. The molecule has 3 heteroatoms. The molecule has 13 heavy (non-hydrogen) atoms. The SMILES string of the molecule is CC.CNC1Nc2ccccc2O1. The van der Waals surface area contributed by atoms with Crippen LogP contribution in [0.3, 0.4) is 0 Å². The van der Waals surface area contributed by atoms with Gasteiger partial charge in [-0.1, -0.05) is 26.0 Å². The van der Waals surface area contributed by atoms with E-state index in [1.807, 2.05) is 45.2 Å². The Bertz CT molecular complexity index is 238. The van der Waals surface area contributed by atoms with E-state index in [1.54, 1.807) is 0 Å². The summed E-state index contributed by atoms with van der Waals surface area (Å²) in [5, 5.41) is 6.13. The molecule has 0 saturated carbocycles. The van der Waals surface area contributed by atoms with Gasteiger partial charge in [0.05, 0.1) is 5.69 Å². The van der Waals surface area contributed by atoms with Crippen molar-refractivity contribution in [2.75, 3.05) is 12.4 Å². The molecule has 2 rings (SSSR count). The average Bonchev–Trinajstić information content (AvgIpc) is 2.63. The smallest absolute Gasteiger partial charge is 0.227 e. The maximum atomic E-state index is 5.43. The molecule has 72 valence electrons. The van der Waals surface area contributed by atoms with E-state index in [9.17, 15) is 0 Å². The number of hydrogen-bond donors (Lipinski definition) is 2. The number of benzene rings is 1. The van der Waals surface area contributed by atoms with Crippen LogP contribution < -0.4 is 15.4 Å². The largest absolute Gasteiger partial charge is 0.455 e.